The molecular formula is C25H24ClFN6O2S. The number of methoxy groups -OCH3 is 1. The van der Waals surface area contributed by atoms with E-state index in [2.05, 4.69) is 30.5 Å². The summed E-state index contributed by atoms with van der Waals surface area (Å²) in [6, 6.07) is 10.1. The number of thiophene rings is 1. The molecule has 4 aromatic rings. The lowest BCUT2D eigenvalue weighted by molar-refractivity contribution is 0.0913. The number of piperidine rings is 1. The third-order valence-corrected chi connectivity index (χ3v) is 7.40. The first-order valence-electron chi connectivity index (χ1n) is 11.5. The number of halogens is 2. The van der Waals surface area contributed by atoms with Crippen molar-refractivity contribution in [2.24, 2.45) is 0 Å². The van der Waals surface area contributed by atoms with Crippen molar-refractivity contribution in [2.75, 3.05) is 25.5 Å². The Kier molecular flexibility index (Phi) is 7.26. The van der Waals surface area contributed by atoms with E-state index in [4.69, 9.17) is 16.3 Å². The van der Waals surface area contributed by atoms with Crippen molar-refractivity contribution < 1.29 is 13.9 Å². The van der Waals surface area contributed by atoms with E-state index in [9.17, 15) is 9.18 Å². The average Bonchev–Trinajstić information content (AvgIpc) is 3.34. The Morgan fingerprint density at radius 3 is 2.75 bits per heavy atom. The van der Waals surface area contributed by atoms with E-state index in [1.807, 2.05) is 18.3 Å². The van der Waals surface area contributed by atoms with Crippen LogP contribution in [0.4, 0.5) is 15.9 Å². The van der Waals surface area contributed by atoms with E-state index in [0.717, 1.165) is 43.4 Å². The van der Waals surface area contributed by atoms with Crippen LogP contribution in [-0.4, -0.2) is 52.0 Å². The number of ether oxygens (including phenoxy) is 1. The number of carbonyl (C=O) groups excluding carboxylic acids is 1. The molecule has 0 bridgehead atoms. The molecule has 0 aliphatic carbocycles. The fourth-order valence-electron chi connectivity index (χ4n) is 4.15. The number of nitrogens with one attached hydrogen (secondary N) is 2. The van der Waals surface area contributed by atoms with Gasteiger partial charge in [-0.3, -0.25) is 9.69 Å². The second kappa shape index (κ2) is 10.7. The Bertz CT molecular complexity index is 1370. The maximum absolute atomic E-state index is 13.5. The van der Waals surface area contributed by atoms with Gasteiger partial charge in [0.05, 0.1) is 22.4 Å². The molecular weight excluding hydrogens is 503 g/mol. The van der Waals surface area contributed by atoms with Crippen molar-refractivity contribution in [1.29, 1.82) is 0 Å². The van der Waals surface area contributed by atoms with Gasteiger partial charge in [0.25, 0.3) is 5.91 Å². The molecule has 1 aliphatic heterocycles. The molecule has 2 N–H and O–H groups in total. The molecule has 4 heterocycles. The summed E-state index contributed by atoms with van der Waals surface area (Å²) in [6.07, 6.45) is 5.02. The van der Waals surface area contributed by atoms with Gasteiger partial charge in [-0.05, 0) is 42.7 Å². The summed E-state index contributed by atoms with van der Waals surface area (Å²) in [5.74, 6) is 0.522. The predicted octanol–water partition coefficient (Wildman–Crippen LogP) is 5.03. The van der Waals surface area contributed by atoms with Gasteiger partial charge >= 0.3 is 0 Å². The van der Waals surface area contributed by atoms with Crippen molar-refractivity contribution in [2.45, 2.75) is 25.4 Å². The Labute approximate surface area is 216 Å². The lowest BCUT2D eigenvalue weighted by Crippen LogP contribution is -2.44. The van der Waals surface area contributed by atoms with Crippen LogP contribution in [0, 0.1) is 5.82 Å². The van der Waals surface area contributed by atoms with Crippen LogP contribution in [0.5, 0.6) is 5.88 Å². The van der Waals surface area contributed by atoms with Gasteiger partial charge in [-0.15, -0.1) is 11.3 Å². The van der Waals surface area contributed by atoms with Crippen molar-refractivity contribution >= 4 is 50.6 Å². The molecule has 3 aromatic heterocycles. The largest absolute Gasteiger partial charge is 0.481 e. The van der Waals surface area contributed by atoms with Crippen LogP contribution in [0.1, 0.15) is 28.1 Å². The number of likely N-dealkylation sites (tertiary alicyclic amines) is 1. The fraction of sp³-hybridized carbons (Fsp3) is 0.280. The highest BCUT2D eigenvalue weighted by atomic mass is 35.5. The van der Waals surface area contributed by atoms with Gasteiger partial charge in [0, 0.05) is 43.6 Å². The lowest BCUT2D eigenvalue weighted by Gasteiger charge is -2.32. The maximum Gasteiger partial charge on any atom is 0.261 e. The maximum atomic E-state index is 13.5. The minimum atomic E-state index is -0.492. The van der Waals surface area contributed by atoms with Crippen LogP contribution < -0.4 is 15.4 Å². The molecule has 0 saturated carbocycles. The number of hydrogen-bond acceptors (Lipinski definition) is 8. The molecule has 5 rings (SSSR count). The summed E-state index contributed by atoms with van der Waals surface area (Å²) in [6.45, 7) is 2.61. The Morgan fingerprint density at radius 2 is 2.03 bits per heavy atom. The normalized spacial score (nSPS) is 14.6. The van der Waals surface area contributed by atoms with Crippen LogP contribution in [0.25, 0.3) is 10.2 Å². The van der Waals surface area contributed by atoms with E-state index < -0.39 is 5.82 Å². The van der Waals surface area contributed by atoms with Crippen LogP contribution in [-0.2, 0) is 6.54 Å². The molecule has 0 spiro atoms. The van der Waals surface area contributed by atoms with E-state index in [0.29, 0.717) is 27.1 Å². The standard InChI is InChI=1S/C25H24ClFN6O2S/c1-35-22-5-2-15(12-28-22)13-33-8-6-16(7-9-33)32-24(34)21-11-18-23(29-14-30-25(18)36-21)31-17-3-4-20(27)19(26)10-17/h2-5,10-12,14,16H,6-9,13H2,1H3,(H,32,34)(H,29,30,31). The minimum absolute atomic E-state index is 0.0161. The van der Waals surface area contributed by atoms with Gasteiger partial charge in [-0.25, -0.2) is 19.3 Å². The second-order valence-electron chi connectivity index (χ2n) is 8.54. The molecule has 0 unspecified atom stereocenters. The smallest absolute Gasteiger partial charge is 0.261 e. The Hall–Kier alpha value is -3.34. The molecule has 186 valence electrons. The van der Waals surface area contributed by atoms with Crippen LogP contribution >= 0.6 is 22.9 Å². The molecule has 36 heavy (non-hydrogen) atoms. The number of anilines is 2. The Balaban J connectivity index is 1.20. The summed E-state index contributed by atoms with van der Waals surface area (Å²) in [4.78, 5) is 29.5. The first-order valence-corrected chi connectivity index (χ1v) is 12.7. The van der Waals surface area contributed by atoms with Crippen molar-refractivity contribution in [3.05, 3.63) is 70.2 Å². The first-order chi connectivity index (χ1) is 17.5. The minimum Gasteiger partial charge on any atom is -0.481 e. The average molecular weight is 527 g/mol. The summed E-state index contributed by atoms with van der Waals surface area (Å²) >= 11 is 7.20. The summed E-state index contributed by atoms with van der Waals surface area (Å²) < 4.78 is 18.6. The number of rotatable bonds is 7. The molecule has 8 nitrogen and oxygen atoms in total. The lowest BCUT2D eigenvalue weighted by atomic mass is 10.0. The molecule has 1 aromatic carbocycles. The summed E-state index contributed by atoms with van der Waals surface area (Å²) in [5.41, 5.74) is 1.73. The molecule has 0 radical (unpaired) electrons. The zero-order chi connectivity index (χ0) is 25.1. The van der Waals surface area contributed by atoms with E-state index in [1.165, 1.54) is 29.8 Å². The van der Waals surface area contributed by atoms with E-state index >= 15 is 0 Å². The third-order valence-electron chi connectivity index (χ3n) is 6.07. The molecule has 1 amide bonds. The SMILES string of the molecule is COc1ccc(CN2CCC(NC(=O)c3cc4c(Nc5ccc(F)c(Cl)c5)ncnc4s3)CC2)cn1. The zero-order valence-corrected chi connectivity index (χ0v) is 21.1. The number of pyridine rings is 1. The van der Waals surface area contributed by atoms with Gasteiger partial charge in [0.2, 0.25) is 5.88 Å². The fourth-order valence-corrected chi connectivity index (χ4v) is 5.24. The Morgan fingerprint density at radius 1 is 1.19 bits per heavy atom. The number of fused-ring (bicyclic) bond motifs is 1. The number of carbonyl (C=O) groups is 1. The first kappa shape index (κ1) is 24.4. The highest BCUT2D eigenvalue weighted by Crippen LogP contribution is 2.31. The number of hydrogen-bond donors (Lipinski definition) is 2. The second-order valence-corrected chi connectivity index (χ2v) is 9.98. The van der Waals surface area contributed by atoms with E-state index in [1.54, 1.807) is 19.2 Å². The van der Waals surface area contributed by atoms with Crippen LogP contribution in [0.15, 0.2) is 48.9 Å². The zero-order valence-electron chi connectivity index (χ0n) is 19.5. The monoisotopic (exact) mass is 526 g/mol. The van der Waals surface area contributed by atoms with Gasteiger partial charge in [0.15, 0.2) is 0 Å². The molecule has 11 heteroatoms. The molecule has 1 aliphatic rings. The number of benzene rings is 1. The number of aromatic nitrogens is 3. The predicted molar refractivity (Wildman–Crippen MR) is 139 cm³/mol. The third kappa shape index (κ3) is 5.56. The quantitative estimate of drug-likeness (QED) is 0.349. The summed E-state index contributed by atoms with van der Waals surface area (Å²) in [5, 5.41) is 7.04. The van der Waals surface area contributed by atoms with E-state index in [-0.39, 0.29) is 17.0 Å². The van der Waals surface area contributed by atoms with Crippen LogP contribution in [0.2, 0.25) is 5.02 Å². The molecule has 1 saturated heterocycles. The molecule has 1 fully saturated rings. The number of amides is 1. The molecule has 0 atom stereocenters. The van der Waals surface area contributed by atoms with Gasteiger partial charge in [-0.1, -0.05) is 17.7 Å². The van der Waals surface area contributed by atoms with Crippen molar-refractivity contribution in [3.63, 3.8) is 0 Å². The van der Waals surface area contributed by atoms with Gasteiger partial charge in [0.1, 0.15) is 22.8 Å². The summed E-state index contributed by atoms with van der Waals surface area (Å²) in [7, 11) is 1.60. The van der Waals surface area contributed by atoms with Gasteiger partial charge in [-0.2, -0.15) is 0 Å². The van der Waals surface area contributed by atoms with Crippen LogP contribution in [0.3, 0.4) is 0 Å². The highest BCUT2D eigenvalue weighted by Gasteiger charge is 2.23. The highest BCUT2D eigenvalue weighted by molar-refractivity contribution is 7.20. The van der Waals surface area contributed by atoms with Gasteiger partial charge < -0.3 is 15.4 Å². The topological polar surface area (TPSA) is 92.3 Å². The number of nitrogens with zero attached hydrogens (tertiary/aromatic N) is 4. The van der Waals surface area contributed by atoms with Crippen molar-refractivity contribution in [1.82, 2.24) is 25.2 Å². The van der Waals surface area contributed by atoms with Crippen molar-refractivity contribution in [3.8, 4) is 5.88 Å².